The van der Waals surface area contributed by atoms with Crippen LogP contribution >= 0.6 is 0 Å². The number of rotatable bonds is 7. The van der Waals surface area contributed by atoms with E-state index in [1.807, 2.05) is 54.6 Å². The largest absolute Gasteiger partial charge is 0.481 e. The first-order valence-electron chi connectivity index (χ1n) is 8.01. The monoisotopic (exact) mass is 312 g/mol. The summed E-state index contributed by atoms with van der Waals surface area (Å²) in [7, 11) is 0. The lowest BCUT2D eigenvalue weighted by Crippen LogP contribution is -2.30. The molecule has 122 valence electrons. The van der Waals surface area contributed by atoms with Gasteiger partial charge in [-0.05, 0) is 57.2 Å². The molecule has 0 spiro atoms. The Bertz CT molecular complexity index is 607. The number of carbonyl (C=O) groups excluding carboxylic acids is 1. The van der Waals surface area contributed by atoms with Gasteiger partial charge in [-0.25, -0.2) is 0 Å². The Hall–Kier alpha value is -2.49. The molecule has 0 heterocycles. The Labute approximate surface area is 138 Å². The zero-order chi connectivity index (χ0) is 16.7. The van der Waals surface area contributed by atoms with Crippen LogP contribution in [0.5, 0.6) is 5.75 Å². The second kappa shape index (κ2) is 8.22. The lowest BCUT2D eigenvalue weighted by Gasteiger charge is -2.21. The number of hydrogen-bond donors (Lipinski definition) is 1. The van der Waals surface area contributed by atoms with E-state index in [0.29, 0.717) is 5.75 Å². The van der Waals surface area contributed by atoms with E-state index < -0.39 is 6.10 Å². The van der Waals surface area contributed by atoms with Gasteiger partial charge < -0.3 is 15.0 Å². The zero-order valence-electron chi connectivity index (χ0n) is 14.0. The van der Waals surface area contributed by atoms with E-state index in [1.165, 1.54) is 0 Å². The number of amides is 1. The van der Waals surface area contributed by atoms with Gasteiger partial charge in [-0.15, -0.1) is 0 Å². The van der Waals surface area contributed by atoms with E-state index in [4.69, 9.17) is 4.74 Å². The van der Waals surface area contributed by atoms with Crippen molar-refractivity contribution in [3.8, 4) is 5.75 Å². The summed E-state index contributed by atoms with van der Waals surface area (Å²) in [5.41, 5.74) is 1.93. The number of hydrogen-bond acceptors (Lipinski definition) is 3. The average Bonchev–Trinajstić information content (AvgIpc) is 2.58. The van der Waals surface area contributed by atoms with Gasteiger partial charge >= 0.3 is 0 Å². The average molecular weight is 312 g/mol. The van der Waals surface area contributed by atoms with Gasteiger partial charge in [-0.2, -0.15) is 0 Å². The van der Waals surface area contributed by atoms with Gasteiger partial charge in [0.15, 0.2) is 6.10 Å². The van der Waals surface area contributed by atoms with Crippen molar-refractivity contribution in [2.45, 2.75) is 26.9 Å². The number of para-hydroxylation sites is 1. The van der Waals surface area contributed by atoms with Gasteiger partial charge in [-0.3, -0.25) is 4.79 Å². The fourth-order valence-electron chi connectivity index (χ4n) is 2.34. The standard InChI is InChI=1S/C19H24N2O2/c1-4-21(5-2)17-13-11-16(12-14-17)20-19(22)15(3)23-18-9-7-6-8-10-18/h6-15H,4-5H2,1-3H3,(H,20,22)/t15-/m1/s1. The second-order valence-electron chi connectivity index (χ2n) is 5.28. The van der Waals surface area contributed by atoms with Crippen molar-refractivity contribution in [2.24, 2.45) is 0 Å². The Morgan fingerprint density at radius 1 is 1.04 bits per heavy atom. The number of ether oxygens (including phenoxy) is 1. The molecule has 0 aliphatic carbocycles. The number of anilines is 2. The van der Waals surface area contributed by atoms with Crippen molar-refractivity contribution in [1.82, 2.24) is 0 Å². The molecule has 1 N–H and O–H groups in total. The van der Waals surface area contributed by atoms with E-state index in [2.05, 4.69) is 24.1 Å². The molecule has 1 amide bonds. The maximum Gasteiger partial charge on any atom is 0.265 e. The quantitative estimate of drug-likeness (QED) is 0.842. The maximum absolute atomic E-state index is 12.2. The zero-order valence-corrected chi connectivity index (χ0v) is 14.0. The molecule has 0 radical (unpaired) electrons. The Balaban J connectivity index is 1.94. The van der Waals surface area contributed by atoms with E-state index in [0.717, 1.165) is 24.5 Å². The molecule has 0 aliphatic heterocycles. The molecule has 2 aromatic rings. The number of nitrogens with one attached hydrogen (secondary N) is 1. The fraction of sp³-hybridized carbons (Fsp3) is 0.316. The van der Waals surface area contributed by atoms with Gasteiger partial charge in [0.25, 0.3) is 5.91 Å². The van der Waals surface area contributed by atoms with E-state index in [9.17, 15) is 4.79 Å². The Morgan fingerprint density at radius 3 is 2.22 bits per heavy atom. The molecule has 4 nitrogen and oxygen atoms in total. The summed E-state index contributed by atoms with van der Waals surface area (Å²) in [6.45, 7) is 7.92. The molecule has 0 saturated carbocycles. The van der Waals surface area contributed by atoms with Crippen LogP contribution in [0.25, 0.3) is 0 Å². The highest BCUT2D eigenvalue weighted by molar-refractivity contribution is 5.94. The summed E-state index contributed by atoms with van der Waals surface area (Å²) in [4.78, 5) is 14.5. The molecule has 1 atom stereocenters. The lowest BCUT2D eigenvalue weighted by atomic mass is 10.2. The molecule has 0 bridgehead atoms. The van der Waals surface area contributed by atoms with Gasteiger partial charge in [-0.1, -0.05) is 18.2 Å². The minimum absolute atomic E-state index is 0.163. The highest BCUT2D eigenvalue weighted by atomic mass is 16.5. The highest BCUT2D eigenvalue weighted by Crippen LogP contribution is 2.18. The maximum atomic E-state index is 12.2. The van der Waals surface area contributed by atoms with Gasteiger partial charge in [0.2, 0.25) is 0 Å². The van der Waals surface area contributed by atoms with Crippen LogP contribution in [0, 0.1) is 0 Å². The van der Waals surface area contributed by atoms with Crippen LogP contribution < -0.4 is 15.0 Å². The summed E-state index contributed by atoms with van der Waals surface area (Å²) in [5.74, 6) is 0.525. The highest BCUT2D eigenvalue weighted by Gasteiger charge is 2.14. The normalized spacial score (nSPS) is 11.6. The van der Waals surface area contributed by atoms with E-state index in [-0.39, 0.29) is 5.91 Å². The van der Waals surface area contributed by atoms with Crippen molar-refractivity contribution >= 4 is 17.3 Å². The summed E-state index contributed by atoms with van der Waals surface area (Å²) >= 11 is 0. The fourth-order valence-corrected chi connectivity index (χ4v) is 2.34. The Morgan fingerprint density at radius 2 is 1.65 bits per heavy atom. The SMILES string of the molecule is CCN(CC)c1ccc(NC(=O)[C@@H](C)Oc2ccccc2)cc1. The minimum Gasteiger partial charge on any atom is -0.481 e. The summed E-state index contributed by atoms with van der Waals surface area (Å²) in [6, 6.07) is 17.2. The second-order valence-corrected chi connectivity index (χ2v) is 5.28. The first-order chi connectivity index (χ1) is 11.1. The summed E-state index contributed by atoms with van der Waals surface area (Å²) in [6.07, 6.45) is -0.556. The first kappa shape index (κ1) is 16.9. The summed E-state index contributed by atoms with van der Waals surface area (Å²) in [5, 5.41) is 2.88. The summed E-state index contributed by atoms with van der Waals surface area (Å²) < 4.78 is 5.62. The third-order valence-electron chi connectivity index (χ3n) is 3.69. The van der Waals surface area contributed by atoms with Crippen molar-refractivity contribution in [1.29, 1.82) is 0 Å². The number of nitrogens with zero attached hydrogens (tertiary/aromatic N) is 1. The van der Waals surface area contributed by atoms with Crippen LogP contribution in [0.15, 0.2) is 54.6 Å². The van der Waals surface area contributed by atoms with Crippen LogP contribution in [-0.2, 0) is 4.79 Å². The molecular formula is C19H24N2O2. The van der Waals surface area contributed by atoms with Crippen molar-refractivity contribution in [3.63, 3.8) is 0 Å². The third kappa shape index (κ3) is 4.74. The topological polar surface area (TPSA) is 41.6 Å². The predicted octanol–water partition coefficient (Wildman–Crippen LogP) is 3.94. The van der Waals surface area contributed by atoms with E-state index in [1.54, 1.807) is 6.92 Å². The van der Waals surface area contributed by atoms with Crippen LogP contribution in [0.4, 0.5) is 11.4 Å². The van der Waals surface area contributed by atoms with Gasteiger partial charge in [0, 0.05) is 24.5 Å². The van der Waals surface area contributed by atoms with Gasteiger partial charge in [0.05, 0.1) is 0 Å². The van der Waals surface area contributed by atoms with Crippen LogP contribution in [0.2, 0.25) is 0 Å². The first-order valence-corrected chi connectivity index (χ1v) is 8.01. The molecule has 2 rings (SSSR count). The molecule has 0 aromatic heterocycles. The molecule has 2 aromatic carbocycles. The molecule has 0 fully saturated rings. The van der Waals surface area contributed by atoms with Gasteiger partial charge in [0.1, 0.15) is 5.75 Å². The number of carbonyl (C=O) groups is 1. The molecule has 0 saturated heterocycles. The molecule has 4 heteroatoms. The van der Waals surface area contributed by atoms with Crippen LogP contribution in [-0.4, -0.2) is 25.1 Å². The minimum atomic E-state index is -0.556. The lowest BCUT2D eigenvalue weighted by molar-refractivity contribution is -0.122. The van der Waals surface area contributed by atoms with Crippen molar-refractivity contribution in [3.05, 3.63) is 54.6 Å². The third-order valence-corrected chi connectivity index (χ3v) is 3.69. The Kier molecular flexibility index (Phi) is 6.03. The van der Waals surface area contributed by atoms with E-state index >= 15 is 0 Å². The van der Waals surface area contributed by atoms with Crippen LogP contribution in [0.3, 0.4) is 0 Å². The van der Waals surface area contributed by atoms with Crippen molar-refractivity contribution < 1.29 is 9.53 Å². The number of benzene rings is 2. The predicted molar refractivity (Wildman–Crippen MR) is 95.2 cm³/mol. The molecular weight excluding hydrogens is 288 g/mol. The van der Waals surface area contributed by atoms with Crippen LogP contribution in [0.1, 0.15) is 20.8 Å². The molecule has 23 heavy (non-hydrogen) atoms. The molecule has 0 aliphatic rings. The smallest absolute Gasteiger partial charge is 0.265 e. The van der Waals surface area contributed by atoms with Crippen molar-refractivity contribution in [2.75, 3.05) is 23.3 Å². The molecule has 0 unspecified atom stereocenters.